The zero-order valence-electron chi connectivity index (χ0n) is 16.1. The van der Waals surface area contributed by atoms with E-state index >= 15 is 0 Å². The minimum atomic E-state index is -3.57. The van der Waals surface area contributed by atoms with Crippen molar-refractivity contribution in [1.29, 1.82) is 0 Å². The van der Waals surface area contributed by atoms with Gasteiger partial charge in [-0.3, -0.25) is 9.69 Å². The van der Waals surface area contributed by atoms with Crippen LogP contribution in [0.4, 0.5) is 0 Å². The van der Waals surface area contributed by atoms with Crippen LogP contribution in [0.5, 0.6) is 0 Å². The van der Waals surface area contributed by atoms with Crippen molar-refractivity contribution in [3.05, 3.63) is 65.7 Å². The molecule has 150 valence electrons. The molecule has 1 heterocycles. The summed E-state index contributed by atoms with van der Waals surface area (Å²) in [5, 5.41) is 3.05. The first-order valence-electron chi connectivity index (χ1n) is 9.65. The summed E-state index contributed by atoms with van der Waals surface area (Å²) in [6.45, 7) is 4.80. The van der Waals surface area contributed by atoms with E-state index in [2.05, 4.69) is 27.1 Å². The monoisotopic (exact) mass is 401 g/mol. The van der Waals surface area contributed by atoms with E-state index in [0.717, 1.165) is 32.5 Å². The standard InChI is InChI=1S/C21H27N3O3S/c1-2-22-28(26,27)20-10-6-9-18(15-20)21(25)23-19-11-13-24(14-12-19)16-17-7-4-3-5-8-17/h3-10,15,19,22H,2,11-14,16H2,1H3,(H,23,25). The molecule has 0 spiro atoms. The van der Waals surface area contributed by atoms with Crippen LogP contribution in [0.25, 0.3) is 0 Å². The maximum atomic E-state index is 12.6. The highest BCUT2D eigenvalue weighted by molar-refractivity contribution is 7.89. The second kappa shape index (κ2) is 9.32. The first-order valence-corrected chi connectivity index (χ1v) is 11.1. The van der Waals surface area contributed by atoms with Gasteiger partial charge in [-0.15, -0.1) is 0 Å². The molecule has 2 aromatic rings. The summed E-state index contributed by atoms with van der Waals surface area (Å²) in [6, 6.07) is 16.6. The predicted molar refractivity (Wildman–Crippen MR) is 110 cm³/mol. The van der Waals surface area contributed by atoms with E-state index in [1.54, 1.807) is 19.1 Å². The van der Waals surface area contributed by atoms with Crippen LogP contribution in [0.1, 0.15) is 35.7 Å². The Hall–Kier alpha value is -2.22. The van der Waals surface area contributed by atoms with Gasteiger partial charge in [0.2, 0.25) is 10.0 Å². The molecule has 28 heavy (non-hydrogen) atoms. The molecule has 2 N–H and O–H groups in total. The van der Waals surface area contributed by atoms with Gasteiger partial charge < -0.3 is 5.32 Å². The lowest BCUT2D eigenvalue weighted by molar-refractivity contribution is 0.0908. The Morgan fingerprint density at radius 2 is 1.79 bits per heavy atom. The third-order valence-corrected chi connectivity index (χ3v) is 6.46. The number of sulfonamides is 1. The van der Waals surface area contributed by atoms with E-state index < -0.39 is 10.0 Å². The molecule has 6 nitrogen and oxygen atoms in total. The molecule has 2 aromatic carbocycles. The number of nitrogens with one attached hydrogen (secondary N) is 2. The average Bonchev–Trinajstić information content (AvgIpc) is 2.70. The number of carbonyl (C=O) groups excluding carboxylic acids is 1. The molecule has 1 aliphatic rings. The van der Waals surface area contributed by atoms with E-state index in [0.29, 0.717) is 12.1 Å². The second-order valence-corrected chi connectivity index (χ2v) is 8.81. The molecule has 3 rings (SSSR count). The number of carbonyl (C=O) groups is 1. The summed E-state index contributed by atoms with van der Waals surface area (Å²) < 4.78 is 26.7. The number of benzene rings is 2. The lowest BCUT2D eigenvalue weighted by Gasteiger charge is -2.32. The smallest absolute Gasteiger partial charge is 0.251 e. The van der Waals surface area contributed by atoms with Crippen molar-refractivity contribution < 1.29 is 13.2 Å². The van der Waals surface area contributed by atoms with Crippen molar-refractivity contribution in [3.8, 4) is 0 Å². The molecule has 0 unspecified atom stereocenters. The molecule has 0 radical (unpaired) electrons. The van der Waals surface area contributed by atoms with E-state index in [9.17, 15) is 13.2 Å². The Bertz CT molecular complexity index is 892. The Morgan fingerprint density at radius 3 is 2.46 bits per heavy atom. The summed E-state index contributed by atoms with van der Waals surface area (Å²) >= 11 is 0. The fourth-order valence-corrected chi connectivity index (χ4v) is 4.51. The van der Waals surface area contributed by atoms with Gasteiger partial charge in [0.1, 0.15) is 0 Å². The Balaban J connectivity index is 1.55. The molecule has 1 amide bonds. The van der Waals surface area contributed by atoms with Gasteiger partial charge in [0.05, 0.1) is 4.90 Å². The quantitative estimate of drug-likeness (QED) is 0.747. The number of rotatable bonds is 7. The molecule has 0 saturated carbocycles. The zero-order chi connectivity index (χ0) is 20.0. The van der Waals surface area contributed by atoms with E-state index in [4.69, 9.17) is 0 Å². The van der Waals surface area contributed by atoms with Gasteiger partial charge in [0.15, 0.2) is 0 Å². The molecule has 0 bridgehead atoms. The van der Waals surface area contributed by atoms with Crippen molar-refractivity contribution >= 4 is 15.9 Å². The number of hydrogen-bond donors (Lipinski definition) is 2. The zero-order valence-corrected chi connectivity index (χ0v) is 16.9. The van der Waals surface area contributed by atoms with Gasteiger partial charge in [-0.05, 0) is 36.6 Å². The van der Waals surface area contributed by atoms with Crippen LogP contribution >= 0.6 is 0 Å². The fraction of sp³-hybridized carbons (Fsp3) is 0.381. The summed E-state index contributed by atoms with van der Waals surface area (Å²) in [5.41, 5.74) is 1.66. The first kappa shape index (κ1) is 20.5. The van der Waals surface area contributed by atoms with Crippen LogP contribution in [0.2, 0.25) is 0 Å². The number of likely N-dealkylation sites (tertiary alicyclic amines) is 1. The SMILES string of the molecule is CCNS(=O)(=O)c1cccc(C(=O)NC2CCN(Cc3ccccc3)CC2)c1. The Kier molecular flexibility index (Phi) is 6.83. The lowest BCUT2D eigenvalue weighted by Crippen LogP contribution is -2.44. The highest BCUT2D eigenvalue weighted by Gasteiger charge is 2.22. The van der Waals surface area contributed by atoms with Crippen LogP contribution in [-0.4, -0.2) is 44.9 Å². The topological polar surface area (TPSA) is 78.5 Å². The van der Waals surface area contributed by atoms with E-state index in [1.807, 2.05) is 18.2 Å². The molecular formula is C21H27N3O3S. The van der Waals surface area contributed by atoms with Gasteiger partial charge in [0, 0.05) is 37.8 Å². The number of amides is 1. The van der Waals surface area contributed by atoms with Crippen LogP contribution in [-0.2, 0) is 16.6 Å². The molecule has 7 heteroatoms. The molecule has 1 fully saturated rings. The maximum absolute atomic E-state index is 12.6. The number of nitrogens with zero attached hydrogens (tertiary/aromatic N) is 1. The molecule has 0 aliphatic carbocycles. The van der Waals surface area contributed by atoms with Crippen LogP contribution < -0.4 is 10.0 Å². The van der Waals surface area contributed by atoms with Gasteiger partial charge in [-0.2, -0.15) is 0 Å². The second-order valence-electron chi connectivity index (χ2n) is 7.04. The molecule has 0 atom stereocenters. The van der Waals surface area contributed by atoms with Crippen molar-refractivity contribution in [2.24, 2.45) is 0 Å². The maximum Gasteiger partial charge on any atom is 0.251 e. The largest absolute Gasteiger partial charge is 0.349 e. The summed E-state index contributed by atoms with van der Waals surface area (Å²) in [7, 11) is -3.57. The van der Waals surface area contributed by atoms with Crippen LogP contribution in [0, 0.1) is 0 Å². The summed E-state index contributed by atoms with van der Waals surface area (Å²) in [4.78, 5) is 15.1. The summed E-state index contributed by atoms with van der Waals surface area (Å²) in [6.07, 6.45) is 1.77. The van der Waals surface area contributed by atoms with Gasteiger partial charge in [-0.1, -0.05) is 43.3 Å². The normalized spacial score (nSPS) is 16.0. The van der Waals surface area contributed by atoms with Gasteiger partial charge in [0.25, 0.3) is 5.91 Å². The molecule has 1 saturated heterocycles. The fourth-order valence-electron chi connectivity index (χ4n) is 3.42. The number of piperidine rings is 1. The summed E-state index contributed by atoms with van der Waals surface area (Å²) in [5.74, 6) is -0.227. The van der Waals surface area contributed by atoms with E-state index in [-0.39, 0.29) is 16.8 Å². The van der Waals surface area contributed by atoms with E-state index in [1.165, 1.54) is 17.7 Å². The number of hydrogen-bond acceptors (Lipinski definition) is 4. The van der Waals surface area contributed by atoms with Crippen molar-refractivity contribution in [3.63, 3.8) is 0 Å². The highest BCUT2D eigenvalue weighted by Crippen LogP contribution is 2.16. The minimum absolute atomic E-state index is 0.105. The van der Waals surface area contributed by atoms with Crippen molar-refractivity contribution in [1.82, 2.24) is 14.9 Å². The Morgan fingerprint density at radius 1 is 1.07 bits per heavy atom. The predicted octanol–water partition coefficient (Wildman–Crippen LogP) is 2.38. The average molecular weight is 402 g/mol. The molecule has 1 aliphatic heterocycles. The van der Waals surface area contributed by atoms with Gasteiger partial charge >= 0.3 is 0 Å². The van der Waals surface area contributed by atoms with Crippen molar-refractivity contribution in [2.45, 2.75) is 37.2 Å². The first-order chi connectivity index (χ1) is 13.5. The third kappa shape index (κ3) is 5.41. The molecular weight excluding hydrogens is 374 g/mol. The highest BCUT2D eigenvalue weighted by atomic mass is 32.2. The third-order valence-electron chi connectivity index (χ3n) is 4.91. The lowest BCUT2D eigenvalue weighted by atomic mass is 10.0. The van der Waals surface area contributed by atoms with Crippen molar-refractivity contribution in [2.75, 3.05) is 19.6 Å². The van der Waals surface area contributed by atoms with Crippen LogP contribution in [0.3, 0.4) is 0 Å². The van der Waals surface area contributed by atoms with Gasteiger partial charge in [-0.25, -0.2) is 13.1 Å². The molecule has 0 aromatic heterocycles. The minimum Gasteiger partial charge on any atom is -0.349 e. The Labute approximate surface area is 167 Å². The van der Waals surface area contributed by atoms with Crippen LogP contribution in [0.15, 0.2) is 59.5 Å².